The summed E-state index contributed by atoms with van der Waals surface area (Å²) in [7, 11) is 1.21. The molecule has 54 heavy (non-hydrogen) atoms. The van der Waals surface area contributed by atoms with Gasteiger partial charge >= 0.3 is 6.09 Å². The van der Waals surface area contributed by atoms with Crippen molar-refractivity contribution >= 4 is 62.2 Å². The Morgan fingerprint density at radius 1 is 1.06 bits per heavy atom. The van der Waals surface area contributed by atoms with E-state index in [9.17, 15) is 24.0 Å². The van der Waals surface area contributed by atoms with Gasteiger partial charge in [0.05, 0.1) is 18.0 Å². The first-order valence-electron chi connectivity index (χ1n) is 17.3. The van der Waals surface area contributed by atoms with Crippen molar-refractivity contribution in [2.24, 2.45) is 11.3 Å². The van der Waals surface area contributed by atoms with Crippen LogP contribution in [0.4, 0.5) is 10.6 Å². The zero-order chi connectivity index (χ0) is 39.1. The van der Waals surface area contributed by atoms with Crippen LogP contribution in [0.25, 0.3) is 22.0 Å². The fourth-order valence-corrected chi connectivity index (χ4v) is 7.25. The van der Waals surface area contributed by atoms with Crippen LogP contribution in [-0.2, 0) is 25.7 Å². The minimum atomic E-state index is -1.01. The molecule has 3 N–H and O–H groups in total. The maximum Gasteiger partial charge on any atom is 0.407 e. The smallest absolute Gasteiger partial charge is 0.407 e. The Kier molecular flexibility index (Phi) is 10.6. The lowest BCUT2D eigenvalue weighted by molar-refractivity contribution is -0.138. The van der Waals surface area contributed by atoms with Crippen molar-refractivity contribution in [2.45, 2.75) is 72.6 Å². The number of Topliss-reactive ketones (excluding diaryl/α,β-unsaturated/α-hetero) is 1. The van der Waals surface area contributed by atoms with Gasteiger partial charge in [-0.15, -0.1) is 0 Å². The van der Waals surface area contributed by atoms with E-state index in [4.69, 9.17) is 4.74 Å². The van der Waals surface area contributed by atoms with Gasteiger partial charge in [0.15, 0.2) is 5.78 Å². The highest BCUT2D eigenvalue weighted by Gasteiger charge is 2.58. The number of alkyl carbamates (subject to hydrolysis) is 1. The Morgan fingerprint density at radius 3 is 2.41 bits per heavy atom. The average Bonchev–Trinajstić information content (AvgIpc) is 3.59. The molecule has 1 aromatic carbocycles. The lowest BCUT2D eigenvalue weighted by atomic mass is 9.73. The van der Waals surface area contributed by atoms with Crippen molar-refractivity contribution < 1.29 is 28.7 Å². The molecule has 1 saturated heterocycles. The average molecular weight is 799 g/mol. The number of amides is 4. The molecule has 0 saturated carbocycles. The van der Waals surface area contributed by atoms with E-state index in [-0.39, 0.29) is 36.9 Å². The van der Waals surface area contributed by atoms with Crippen LogP contribution in [0.3, 0.4) is 0 Å². The highest BCUT2D eigenvalue weighted by molar-refractivity contribution is 9.10. The number of ketones is 1. The van der Waals surface area contributed by atoms with E-state index in [0.29, 0.717) is 32.7 Å². The number of carbonyl (C=O) groups excluding carboxylic acids is 5. The predicted molar refractivity (Wildman–Crippen MR) is 202 cm³/mol. The van der Waals surface area contributed by atoms with Gasteiger partial charge in [-0.2, -0.15) is 5.10 Å². The number of methoxy groups -OCH3 is 1. The second-order valence-corrected chi connectivity index (χ2v) is 14.8. The Labute approximate surface area is 320 Å². The molecule has 3 aromatic heterocycles. The number of benzene rings is 1. The summed E-state index contributed by atoms with van der Waals surface area (Å²) in [4.78, 5) is 81.3. The summed E-state index contributed by atoms with van der Waals surface area (Å²) >= 11 is 3.35. The fraction of sp³-hybridized carbons (Fsp3) is 0.395. The molecule has 0 spiro atoms. The molecule has 4 amide bonds. The molecule has 1 aliphatic carbocycles. The topological polar surface area (TPSA) is 190 Å². The Bertz CT molecular complexity index is 2260. The van der Waals surface area contributed by atoms with E-state index in [1.807, 2.05) is 19.1 Å². The van der Waals surface area contributed by atoms with Crippen molar-refractivity contribution in [3.63, 3.8) is 0 Å². The lowest BCUT2D eigenvalue weighted by Gasteiger charge is -2.37. The zero-order valence-corrected chi connectivity index (χ0v) is 32.5. The first-order valence-corrected chi connectivity index (χ1v) is 18.1. The molecule has 4 atom stereocenters. The van der Waals surface area contributed by atoms with Crippen LogP contribution >= 0.6 is 15.9 Å². The molecular weight excluding hydrogens is 758 g/mol. The van der Waals surface area contributed by atoms with Gasteiger partial charge in [-0.3, -0.25) is 23.9 Å². The number of fused-ring (bicyclic) bond motifs is 2. The Hall–Kier alpha value is -5.69. The first-order chi connectivity index (χ1) is 25.6. The largest absolute Gasteiger partial charge is 0.453 e. The van der Waals surface area contributed by atoms with Crippen LogP contribution in [-0.4, -0.2) is 91.0 Å². The number of halogens is 1. The van der Waals surface area contributed by atoms with Gasteiger partial charge < -0.3 is 25.6 Å². The number of rotatable bonds is 11. The molecule has 1 aliphatic heterocycles. The SMILES string of the molecule is COC(=O)N[C@H](C(=O)NC[C@]12C#C[C@H]1N(C(=O)Cn1nc(C(C)=O)c3cc(-c4cnc(C)nc4)cc(C)c31)[C@H](C(=O)Nc1nc(Br)ccc1C)C2)C(C)C. The van der Waals surface area contributed by atoms with Crippen molar-refractivity contribution in [1.82, 2.24) is 40.3 Å². The van der Waals surface area contributed by atoms with Gasteiger partial charge in [0.1, 0.15) is 46.6 Å². The number of nitrogens with zero attached hydrogens (tertiary/aromatic N) is 6. The van der Waals surface area contributed by atoms with Crippen molar-refractivity contribution in [3.8, 4) is 23.0 Å². The fourth-order valence-electron chi connectivity index (χ4n) is 6.94. The lowest BCUT2D eigenvalue weighted by Crippen LogP contribution is -2.56. The molecule has 280 valence electrons. The number of aromatic nitrogens is 5. The minimum Gasteiger partial charge on any atom is -0.453 e. The number of ether oxygens (including phenoxy) is 1. The molecule has 4 heterocycles. The molecule has 15 nitrogen and oxygen atoms in total. The maximum atomic E-state index is 14.5. The van der Waals surface area contributed by atoms with Crippen LogP contribution in [0.15, 0.2) is 41.3 Å². The number of hydrogen-bond acceptors (Lipinski definition) is 10. The number of anilines is 1. The van der Waals surface area contributed by atoms with Gasteiger partial charge in [0.2, 0.25) is 17.7 Å². The molecule has 2 aliphatic rings. The van der Waals surface area contributed by atoms with Crippen LogP contribution in [0.5, 0.6) is 0 Å². The Morgan fingerprint density at radius 2 is 1.78 bits per heavy atom. The van der Waals surface area contributed by atoms with Crippen molar-refractivity contribution in [2.75, 3.05) is 19.0 Å². The second-order valence-electron chi connectivity index (χ2n) is 14.0. The molecule has 6 rings (SSSR count). The summed E-state index contributed by atoms with van der Waals surface area (Å²) in [6, 6.07) is 4.68. The van der Waals surface area contributed by atoms with Crippen molar-refractivity contribution in [3.05, 3.63) is 63.9 Å². The maximum absolute atomic E-state index is 14.5. The number of nitrogens with one attached hydrogen (secondary N) is 3. The second kappa shape index (κ2) is 15.0. The van der Waals surface area contributed by atoms with Gasteiger partial charge in [-0.1, -0.05) is 31.8 Å². The van der Waals surface area contributed by atoms with E-state index in [1.54, 1.807) is 52.2 Å². The molecule has 16 heteroatoms. The number of aryl methyl sites for hydroxylation is 3. The number of carbonyl (C=O) groups is 5. The molecule has 1 fully saturated rings. The van der Waals surface area contributed by atoms with Crippen LogP contribution in [0.1, 0.15) is 54.6 Å². The van der Waals surface area contributed by atoms with Gasteiger partial charge in [-0.25, -0.2) is 19.7 Å². The highest BCUT2D eigenvalue weighted by Crippen LogP contribution is 2.45. The van der Waals surface area contributed by atoms with E-state index < -0.39 is 47.4 Å². The van der Waals surface area contributed by atoms with E-state index >= 15 is 0 Å². The summed E-state index contributed by atoms with van der Waals surface area (Å²) in [5, 5.41) is 13.5. The summed E-state index contributed by atoms with van der Waals surface area (Å²) in [6.45, 7) is 10.2. The van der Waals surface area contributed by atoms with Gasteiger partial charge in [0.25, 0.3) is 0 Å². The zero-order valence-electron chi connectivity index (χ0n) is 30.9. The third kappa shape index (κ3) is 7.28. The van der Waals surface area contributed by atoms with Gasteiger partial charge in [-0.05, 0) is 83.9 Å². The molecule has 4 aromatic rings. The summed E-state index contributed by atoms with van der Waals surface area (Å²) in [6.07, 6.45) is 2.79. The van der Waals surface area contributed by atoms with Crippen LogP contribution < -0.4 is 16.0 Å². The van der Waals surface area contributed by atoms with E-state index in [2.05, 4.69) is 63.8 Å². The highest BCUT2D eigenvalue weighted by atomic mass is 79.9. The normalized spacial score (nSPS) is 18.9. The molecule has 0 bridgehead atoms. The molecule has 0 unspecified atom stereocenters. The minimum absolute atomic E-state index is 0.0150. The van der Waals surface area contributed by atoms with Crippen LogP contribution in [0.2, 0.25) is 0 Å². The first kappa shape index (κ1) is 38.0. The number of hydrogen-bond donors (Lipinski definition) is 3. The van der Waals surface area contributed by atoms with E-state index in [1.165, 1.54) is 23.6 Å². The third-order valence-electron chi connectivity index (χ3n) is 9.80. The number of pyridine rings is 1. The summed E-state index contributed by atoms with van der Waals surface area (Å²) < 4.78 is 6.71. The quantitative estimate of drug-likeness (QED) is 0.114. The predicted octanol–water partition coefficient (Wildman–Crippen LogP) is 3.89. The van der Waals surface area contributed by atoms with Crippen LogP contribution in [0, 0.1) is 43.9 Å². The Balaban J connectivity index is 1.33. The molecular formula is C38H40BrN9O6. The van der Waals surface area contributed by atoms with Crippen molar-refractivity contribution in [1.29, 1.82) is 0 Å². The standard InChI is InChI=1S/C38H40BrN9O6/c1-19(2)31(44-37(53)54-7)36(52)42-18-38-11-10-28(38)48(27(14-38)35(51)45-34-20(3)8-9-29(39)43-34)30(50)17-47-33-21(4)12-24(25-15-40-23(6)41-16-25)13-26(33)32(46-47)22(5)49/h8-9,12-13,15-16,19,27-28,31H,14,17-18H2,1-7H3,(H,42,52)(H,44,53)(H,43,45,51)/t27-,28+,31-,38+/m0/s1. The summed E-state index contributed by atoms with van der Waals surface area (Å²) in [5.41, 5.74) is 2.87. The molecule has 0 radical (unpaired) electrons. The summed E-state index contributed by atoms with van der Waals surface area (Å²) in [5.74, 6) is 5.23. The number of likely N-dealkylation sites (tertiary alicyclic amines) is 1. The van der Waals surface area contributed by atoms with Gasteiger partial charge in [0, 0.05) is 36.8 Å². The third-order valence-corrected chi connectivity index (χ3v) is 10.2. The van der Waals surface area contributed by atoms with E-state index in [0.717, 1.165) is 16.7 Å². The monoisotopic (exact) mass is 797 g/mol.